The Labute approximate surface area is 250 Å². The van der Waals surface area contributed by atoms with Gasteiger partial charge in [-0.25, -0.2) is 14.4 Å². The number of aliphatic hydroxyl groups is 1. The highest BCUT2D eigenvalue weighted by Crippen LogP contribution is 2.22. The van der Waals surface area contributed by atoms with Crippen molar-refractivity contribution >= 4 is 57.9 Å². The number of benzene rings is 2. The van der Waals surface area contributed by atoms with Crippen LogP contribution in [0.2, 0.25) is 0 Å². The predicted molar refractivity (Wildman–Crippen MR) is 158 cm³/mol. The van der Waals surface area contributed by atoms with E-state index in [0.717, 1.165) is 36.1 Å². The Morgan fingerprint density at radius 2 is 1.33 bits per heavy atom. The minimum atomic E-state index is -1.81. The predicted octanol–water partition coefficient (Wildman–Crippen LogP) is 2.62. The van der Waals surface area contributed by atoms with Crippen LogP contribution in [0, 0.1) is 0 Å². The maximum Gasteiger partial charge on any atom is 0.339 e. The lowest BCUT2D eigenvalue weighted by molar-refractivity contribution is -0.156. The lowest BCUT2D eigenvalue weighted by Crippen LogP contribution is -2.25. The van der Waals surface area contributed by atoms with E-state index in [1.165, 1.54) is 0 Å². The Hall–Kier alpha value is -4.95. The van der Waals surface area contributed by atoms with Gasteiger partial charge in [-0.15, -0.1) is 11.8 Å². The molecule has 1 aliphatic rings. The summed E-state index contributed by atoms with van der Waals surface area (Å²) in [5, 5.41) is 15.2. The molecule has 0 bridgehead atoms. The Bertz CT molecular complexity index is 1400. The zero-order chi connectivity index (χ0) is 31.2. The number of nitrogens with zero attached hydrogens (tertiary/aromatic N) is 1. The van der Waals surface area contributed by atoms with Crippen molar-refractivity contribution in [3.8, 4) is 11.5 Å². The first-order valence-electron chi connectivity index (χ1n) is 13.0. The van der Waals surface area contributed by atoms with Gasteiger partial charge in [0.25, 0.3) is 6.29 Å². The average Bonchev–Trinajstić information content (AvgIpc) is 3.48. The number of aliphatic imine (C=N–C) groups is 1. The summed E-state index contributed by atoms with van der Waals surface area (Å²) < 4.78 is 20.1. The van der Waals surface area contributed by atoms with Crippen LogP contribution in [-0.4, -0.2) is 71.2 Å². The molecule has 43 heavy (non-hydrogen) atoms. The number of amides is 2. The summed E-state index contributed by atoms with van der Waals surface area (Å²) in [6.07, 6.45) is 1.61. The van der Waals surface area contributed by atoms with Crippen molar-refractivity contribution < 1.29 is 48.0 Å². The molecule has 1 heterocycles. The first-order valence-corrected chi connectivity index (χ1v) is 13.9. The third kappa shape index (κ3) is 11.1. The molecular formula is C29H29N3O10S. The summed E-state index contributed by atoms with van der Waals surface area (Å²) in [5.41, 5.74) is 0.941. The topological polar surface area (TPSA) is 179 Å². The minimum absolute atomic E-state index is 0.0122. The van der Waals surface area contributed by atoms with Crippen molar-refractivity contribution in [1.82, 2.24) is 0 Å². The molecular weight excluding hydrogens is 582 g/mol. The molecule has 2 aromatic rings. The second-order valence-corrected chi connectivity index (χ2v) is 9.42. The number of hydrogen-bond donors (Lipinski definition) is 3. The third-order valence-electron chi connectivity index (χ3n) is 5.19. The van der Waals surface area contributed by atoms with Gasteiger partial charge in [0.15, 0.2) is 6.04 Å². The smallest absolute Gasteiger partial charge is 0.339 e. The maximum absolute atomic E-state index is 12.3. The molecule has 13 nitrogen and oxygen atoms in total. The first kappa shape index (κ1) is 32.6. The van der Waals surface area contributed by atoms with Crippen molar-refractivity contribution in [3.63, 3.8) is 0 Å². The summed E-state index contributed by atoms with van der Waals surface area (Å²) >= 11 is 0.916. The number of ether oxygens (including phenoxy) is 4. The lowest BCUT2D eigenvalue weighted by atomic mass is 10.3. The number of esters is 3. The van der Waals surface area contributed by atoms with Crippen LogP contribution in [0.5, 0.6) is 11.5 Å². The largest absolute Gasteiger partial charge is 0.494 e. The van der Waals surface area contributed by atoms with E-state index in [1.807, 2.05) is 13.8 Å². The van der Waals surface area contributed by atoms with Gasteiger partial charge in [0.1, 0.15) is 16.5 Å². The molecule has 0 fully saturated rings. The molecule has 226 valence electrons. The molecule has 0 aromatic heterocycles. The fourth-order valence-electron chi connectivity index (χ4n) is 3.31. The Morgan fingerprint density at radius 3 is 1.81 bits per heavy atom. The second-order valence-electron chi connectivity index (χ2n) is 8.38. The van der Waals surface area contributed by atoms with Crippen LogP contribution in [-0.2, 0) is 33.4 Å². The highest BCUT2D eigenvalue weighted by Gasteiger charge is 2.32. The molecule has 1 aliphatic heterocycles. The maximum atomic E-state index is 12.3. The van der Waals surface area contributed by atoms with Crippen LogP contribution in [0.15, 0.2) is 77.8 Å². The van der Waals surface area contributed by atoms with Gasteiger partial charge in [0.05, 0.1) is 13.2 Å². The number of anilines is 2. The number of thioether (sulfide) groups is 1. The molecule has 0 aliphatic carbocycles. The van der Waals surface area contributed by atoms with Gasteiger partial charge in [-0.2, -0.15) is 0 Å². The zero-order valence-electron chi connectivity index (χ0n) is 23.2. The van der Waals surface area contributed by atoms with E-state index in [2.05, 4.69) is 20.4 Å². The fraction of sp³-hybridized carbons (Fsp3) is 0.241. The molecule has 0 spiro atoms. The van der Waals surface area contributed by atoms with Gasteiger partial charge in [-0.3, -0.25) is 14.6 Å². The number of rotatable bonds is 13. The molecule has 0 saturated heterocycles. The molecule has 3 rings (SSSR count). The van der Waals surface area contributed by atoms with E-state index in [9.17, 15) is 29.1 Å². The number of aliphatic hydroxyl groups excluding tert-OH is 1. The summed E-state index contributed by atoms with van der Waals surface area (Å²) in [4.78, 5) is 64.3. The Morgan fingerprint density at radius 1 is 0.837 bits per heavy atom. The van der Waals surface area contributed by atoms with E-state index in [1.54, 1.807) is 48.5 Å². The molecule has 0 saturated carbocycles. The van der Waals surface area contributed by atoms with Gasteiger partial charge < -0.3 is 34.7 Å². The third-order valence-corrected chi connectivity index (χ3v) is 6.28. The summed E-state index contributed by atoms with van der Waals surface area (Å²) in [7, 11) is 0. The van der Waals surface area contributed by atoms with E-state index < -0.39 is 42.1 Å². The van der Waals surface area contributed by atoms with Crippen molar-refractivity contribution in [2.75, 3.05) is 29.6 Å². The summed E-state index contributed by atoms with van der Waals surface area (Å²) in [6.45, 7) is 4.70. The average molecular weight is 612 g/mol. The molecule has 2 aromatic carbocycles. The highest BCUT2D eigenvalue weighted by atomic mass is 32.2. The van der Waals surface area contributed by atoms with Gasteiger partial charge in [0.2, 0.25) is 11.8 Å². The van der Waals surface area contributed by atoms with Crippen molar-refractivity contribution in [2.45, 2.75) is 26.2 Å². The van der Waals surface area contributed by atoms with Crippen molar-refractivity contribution in [2.24, 2.45) is 4.99 Å². The number of carbonyl (C=O) groups is 5. The van der Waals surface area contributed by atoms with Crippen molar-refractivity contribution in [1.29, 1.82) is 0 Å². The standard InChI is InChI=1S/C29H29N3O10S/c1-3-39-20-9-5-18(6-10-20)30-23(33)13-15-25(35)41-28(37)22-17-43-27(32-22)29(38)42-26(36)16-14-24(34)31-19-7-11-21(12-8-19)40-4-2/h5-16,22,29,38H,3-4,17H2,1-2H3,(H,30,33)(H,31,34). The Balaban J connectivity index is 1.41. The van der Waals surface area contributed by atoms with Crippen molar-refractivity contribution in [3.05, 3.63) is 72.8 Å². The van der Waals surface area contributed by atoms with Gasteiger partial charge >= 0.3 is 17.9 Å². The SMILES string of the molecule is CCOc1ccc(NC(=O)C=CC(=O)OC(=O)C2CSC(C(O)OC(=O)C=CC(=O)Nc3ccc(OCC)cc3)=N2)cc1. The van der Waals surface area contributed by atoms with E-state index in [4.69, 9.17) is 14.2 Å². The normalized spacial score (nSPS) is 15.0. The quantitative estimate of drug-likeness (QED) is 0.131. The molecule has 14 heteroatoms. The lowest BCUT2D eigenvalue weighted by Gasteiger charge is -2.09. The van der Waals surface area contributed by atoms with Crippen LogP contribution in [0.25, 0.3) is 0 Å². The summed E-state index contributed by atoms with van der Waals surface area (Å²) in [6, 6.07) is 12.0. The van der Waals surface area contributed by atoms with Crippen LogP contribution < -0.4 is 20.1 Å². The number of nitrogens with one attached hydrogen (secondary N) is 2. The minimum Gasteiger partial charge on any atom is -0.494 e. The number of hydrogen-bond acceptors (Lipinski definition) is 12. The van der Waals surface area contributed by atoms with Crippen LogP contribution in [0.3, 0.4) is 0 Å². The zero-order valence-corrected chi connectivity index (χ0v) is 24.0. The van der Waals surface area contributed by atoms with E-state index in [0.29, 0.717) is 36.1 Å². The molecule has 2 atom stereocenters. The monoisotopic (exact) mass is 611 g/mol. The molecule has 3 N–H and O–H groups in total. The van der Waals surface area contributed by atoms with E-state index >= 15 is 0 Å². The van der Waals surface area contributed by atoms with Gasteiger partial charge in [0, 0.05) is 41.4 Å². The Kier molecular flexibility index (Phi) is 12.5. The summed E-state index contributed by atoms with van der Waals surface area (Å²) in [5.74, 6) is -3.10. The van der Waals surface area contributed by atoms with E-state index in [-0.39, 0.29) is 10.8 Å². The van der Waals surface area contributed by atoms with Gasteiger partial charge in [-0.1, -0.05) is 0 Å². The second kappa shape index (κ2) is 16.5. The first-order chi connectivity index (χ1) is 20.7. The highest BCUT2D eigenvalue weighted by molar-refractivity contribution is 8.14. The van der Waals surface area contributed by atoms with Crippen LogP contribution in [0.1, 0.15) is 13.8 Å². The number of carbonyl (C=O) groups excluding carboxylic acids is 5. The molecule has 0 radical (unpaired) electrons. The van der Waals surface area contributed by atoms with Crippen LogP contribution in [0.4, 0.5) is 11.4 Å². The fourth-order valence-corrected chi connectivity index (χ4v) is 4.24. The van der Waals surface area contributed by atoms with Gasteiger partial charge in [-0.05, 0) is 62.4 Å². The molecule has 2 amide bonds. The molecule has 2 unspecified atom stereocenters. The van der Waals surface area contributed by atoms with Crippen LogP contribution >= 0.6 is 11.8 Å².